The minimum atomic E-state index is -0.678. The van der Waals surface area contributed by atoms with E-state index < -0.39 is 11.2 Å². The van der Waals surface area contributed by atoms with Gasteiger partial charge in [-0.25, -0.2) is 4.79 Å². The highest BCUT2D eigenvalue weighted by Gasteiger charge is 2.05. The second-order valence-electron chi connectivity index (χ2n) is 3.12. The van der Waals surface area contributed by atoms with Crippen molar-refractivity contribution in [2.24, 2.45) is 0 Å². The summed E-state index contributed by atoms with van der Waals surface area (Å²) < 4.78 is 6.27. The zero-order valence-electron chi connectivity index (χ0n) is 8.14. The molecule has 0 radical (unpaired) electrons. The van der Waals surface area contributed by atoms with Crippen molar-refractivity contribution in [3.63, 3.8) is 0 Å². The Morgan fingerprint density at radius 3 is 2.94 bits per heavy atom. The van der Waals surface area contributed by atoms with Crippen molar-refractivity contribution in [2.45, 2.75) is 6.54 Å². The summed E-state index contributed by atoms with van der Waals surface area (Å²) in [6, 6.07) is 5.10. The van der Waals surface area contributed by atoms with Crippen LogP contribution in [0.2, 0.25) is 0 Å². The minimum absolute atomic E-state index is 0.105. The van der Waals surface area contributed by atoms with Crippen LogP contribution in [0.3, 0.4) is 0 Å². The molecule has 0 unspecified atom stereocenters. The third-order valence-corrected chi connectivity index (χ3v) is 2.04. The van der Waals surface area contributed by atoms with Crippen LogP contribution >= 0.6 is 0 Å². The Kier molecular flexibility index (Phi) is 2.44. The van der Waals surface area contributed by atoms with Gasteiger partial charge in [0.15, 0.2) is 0 Å². The predicted octanol–water partition coefficient (Wildman–Crippen LogP) is 0.0496. The van der Waals surface area contributed by atoms with Crippen LogP contribution in [-0.4, -0.2) is 9.55 Å². The largest absolute Gasteiger partial charge is 0.467 e. The van der Waals surface area contributed by atoms with Crippen LogP contribution in [0.5, 0.6) is 0 Å². The van der Waals surface area contributed by atoms with Gasteiger partial charge in [0, 0.05) is 6.20 Å². The number of aromatic nitrogens is 2. The number of H-pyrrole nitrogens is 1. The summed E-state index contributed by atoms with van der Waals surface area (Å²) in [6.45, 7) is 0.178. The van der Waals surface area contributed by atoms with Crippen LogP contribution in [0, 0.1) is 11.3 Å². The summed E-state index contributed by atoms with van der Waals surface area (Å²) in [5.41, 5.74) is -1.35. The normalized spacial score (nSPS) is 9.94. The highest BCUT2D eigenvalue weighted by molar-refractivity contribution is 5.21. The second-order valence-corrected chi connectivity index (χ2v) is 3.12. The Balaban J connectivity index is 2.46. The number of nitriles is 1. The third kappa shape index (κ3) is 1.79. The van der Waals surface area contributed by atoms with Gasteiger partial charge in [0.25, 0.3) is 5.56 Å². The summed E-state index contributed by atoms with van der Waals surface area (Å²) in [5, 5.41) is 8.65. The molecule has 0 aromatic carbocycles. The van der Waals surface area contributed by atoms with E-state index in [0.717, 1.165) is 0 Å². The standard InChI is InChI=1S/C10H7N3O3/c11-4-7-5-13(10(15)12-9(7)14)6-8-2-1-3-16-8/h1-3,5H,6H2,(H,12,14,15). The number of furan rings is 1. The van der Waals surface area contributed by atoms with Crippen molar-refractivity contribution in [2.75, 3.05) is 0 Å². The first-order valence-electron chi connectivity index (χ1n) is 4.47. The quantitative estimate of drug-likeness (QED) is 0.769. The Labute approximate surface area is 89.4 Å². The summed E-state index contributed by atoms with van der Waals surface area (Å²) in [4.78, 5) is 24.6. The molecule has 16 heavy (non-hydrogen) atoms. The van der Waals surface area contributed by atoms with E-state index in [9.17, 15) is 9.59 Å². The van der Waals surface area contributed by atoms with E-state index in [4.69, 9.17) is 9.68 Å². The molecule has 2 aromatic rings. The first-order valence-corrected chi connectivity index (χ1v) is 4.47. The van der Waals surface area contributed by atoms with Crippen molar-refractivity contribution >= 4 is 0 Å². The third-order valence-electron chi connectivity index (χ3n) is 2.04. The molecule has 2 heterocycles. The maximum atomic E-state index is 11.4. The van der Waals surface area contributed by atoms with Gasteiger partial charge in [-0.1, -0.05) is 0 Å². The molecule has 0 aliphatic carbocycles. The zero-order chi connectivity index (χ0) is 11.5. The molecular weight excluding hydrogens is 210 g/mol. The highest BCUT2D eigenvalue weighted by atomic mass is 16.3. The number of hydrogen-bond donors (Lipinski definition) is 1. The van der Waals surface area contributed by atoms with E-state index in [-0.39, 0.29) is 12.1 Å². The maximum Gasteiger partial charge on any atom is 0.328 e. The molecule has 0 saturated heterocycles. The Hall–Kier alpha value is -2.55. The maximum absolute atomic E-state index is 11.4. The van der Waals surface area contributed by atoms with Gasteiger partial charge in [0.1, 0.15) is 17.4 Å². The summed E-state index contributed by atoms with van der Waals surface area (Å²) in [6.07, 6.45) is 2.70. The van der Waals surface area contributed by atoms with Crippen molar-refractivity contribution in [1.29, 1.82) is 5.26 Å². The molecule has 0 fully saturated rings. The van der Waals surface area contributed by atoms with Crippen LogP contribution in [0.25, 0.3) is 0 Å². The lowest BCUT2D eigenvalue weighted by molar-refractivity contribution is 0.486. The number of hydrogen-bond acceptors (Lipinski definition) is 4. The molecule has 0 spiro atoms. The summed E-state index contributed by atoms with van der Waals surface area (Å²) in [7, 11) is 0. The van der Waals surface area contributed by atoms with Crippen molar-refractivity contribution in [3.8, 4) is 6.07 Å². The number of nitrogens with zero attached hydrogens (tertiary/aromatic N) is 2. The molecular formula is C10H7N3O3. The fraction of sp³-hybridized carbons (Fsp3) is 0.100. The molecule has 0 saturated carbocycles. The van der Waals surface area contributed by atoms with Crippen molar-refractivity contribution in [3.05, 3.63) is 56.8 Å². The van der Waals surface area contributed by atoms with Gasteiger partial charge in [0.2, 0.25) is 0 Å². The number of nitrogens with one attached hydrogen (secondary N) is 1. The number of aromatic amines is 1. The topological polar surface area (TPSA) is 91.8 Å². The molecule has 2 aromatic heterocycles. The first kappa shape index (κ1) is 9.98. The van der Waals surface area contributed by atoms with Crippen LogP contribution < -0.4 is 11.2 Å². The van der Waals surface area contributed by atoms with Gasteiger partial charge in [-0.3, -0.25) is 14.3 Å². The molecule has 2 rings (SSSR count). The summed E-state index contributed by atoms with van der Waals surface area (Å²) >= 11 is 0. The minimum Gasteiger partial charge on any atom is -0.467 e. The average Bonchev–Trinajstić information content (AvgIpc) is 2.75. The molecule has 1 N–H and O–H groups in total. The molecule has 0 bridgehead atoms. The molecule has 0 aliphatic heterocycles. The molecule has 80 valence electrons. The van der Waals surface area contributed by atoms with Gasteiger partial charge in [0.05, 0.1) is 12.8 Å². The monoisotopic (exact) mass is 217 g/mol. The number of rotatable bonds is 2. The second kappa shape index (κ2) is 3.90. The van der Waals surface area contributed by atoms with Gasteiger partial charge >= 0.3 is 5.69 Å². The lowest BCUT2D eigenvalue weighted by atomic mass is 10.3. The Morgan fingerprint density at radius 1 is 1.50 bits per heavy atom. The van der Waals surface area contributed by atoms with Crippen LogP contribution in [0.15, 0.2) is 38.6 Å². The van der Waals surface area contributed by atoms with Crippen LogP contribution in [0.1, 0.15) is 11.3 Å². The van der Waals surface area contributed by atoms with Crippen LogP contribution in [-0.2, 0) is 6.54 Å². The Morgan fingerprint density at radius 2 is 2.31 bits per heavy atom. The van der Waals surface area contributed by atoms with E-state index in [2.05, 4.69) is 4.98 Å². The molecule has 0 atom stereocenters. The van der Waals surface area contributed by atoms with Gasteiger partial charge < -0.3 is 4.42 Å². The zero-order valence-corrected chi connectivity index (χ0v) is 8.14. The van der Waals surface area contributed by atoms with E-state index in [1.807, 2.05) is 0 Å². The summed E-state index contributed by atoms with van der Waals surface area (Å²) in [5.74, 6) is 0.568. The molecule has 0 amide bonds. The van der Waals surface area contributed by atoms with E-state index in [0.29, 0.717) is 5.76 Å². The molecule has 6 heteroatoms. The lowest BCUT2D eigenvalue weighted by Gasteiger charge is -2.01. The smallest absolute Gasteiger partial charge is 0.328 e. The lowest BCUT2D eigenvalue weighted by Crippen LogP contribution is -2.31. The Bertz CT molecular complexity index is 643. The highest BCUT2D eigenvalue weighted by Crippen LogP contribution is 2.01. The van der Waals surface area contributed by atoms with Gasteiger partial charge in [-0.2, -0.15) is 5.26 Å². The fourth-order valence-corrected chi connectivity index (χ4v) is 1.28. The van der Waals surface area contributed by atoms with E-state index in [1.165, 1.54) is 17.0 Å². The van der Waals surface area contributed by atoms with Crippen molar-refractivity contribution in [1.82, 2.24) is 9.55 Å². The van der Waals surface area contributed by atoms with Crippen LogP contribution in [0.4, 0.5) is 0 Å². The average molecular weight is 217 g/mol. The SMILES string of the molecule is N#Cc1cn(Cc2ccco2)c(=O)[nH]c1=O. The molecule has 0 aliphatic rings. The fourth-order valence-electron chi connectivity index (χ4n) is 1.28. The molecule has 6 nitrogen and oxygen atoms in total. The van der Waals surface area contributed by atoms with Crippen molar-refractivity contribution < 1.29 is 4.42 Å². The van der Waals surface area contributed by atoms with Gasteiger partial charge in [-0.05, 0) is 12.1 Å². The van der Waals surface area contributed by atoms with E-state index in [1.54, 1.807) is 18.2 Å². The first-order chi connectivity index (χ1) is 7.70. The van der Waals surface area contributed by atoms with E-state index >= 15 is 0 Å². The predicted molar refractivity (Wildman–Crippen MR) is 53.8 cm³/mol. The van der Waals surface area contributed by atoms with Gasteiger partial charge in [-0.15, -0.1) is 0 Å².